The summed E-state index contributed by atoms with van der Waals surface area (Å²) in [6.07, 6.45) is 1.84. The molecular formula is C11H15ClN+. The Morgan fingerprint density at radius 1 is 1.31 bits per heavy atom. The van der Waals surface area contributed by atoms with Crippen LogP contribution in [0.5, 0.6) is 0 Å². The lowest BCUT2D eigenvalue weighted by Crippen LogP contribution is -2.26. The minimum absolute atomic E-state index is 0.438. The molecule has 1 rings (SSSR count). The molecule has 70 valence electrons. The highest BCUT2D eigenvalue weighted by atomic mass is 35.5. The number of quaternary nitrogens is 1. The predicted octanol–water partition coefficient (Wildman–Crippen LogP) is 3.06. The summed E-state index contributed by atoms with van der Waals surface area (Å²) in [5, 5.41) is 0. The van der Waals surface area contributed by atoms with Crippen molar-refractivity contribution in [2.24, 2.45) is 0 Å². The van der Waals surface area contributed by atoms with Crippen LogP contribution in [0.1, 0.15) is 11.1 Å². The lowest BCUT2D eigenvalue weighted by molar-refractivity contribution is -0.786. The Morgan fingerprint density at radius 3 is 2.23 bits per heavy atom. The maximum absolute atomic E-state index is 6.06. The maximum atomic E-state index is 6.06. The second kappa shape index (κ2) is 3.95. The molecule has 2 heteroatoms. The second-order valence-corrected chi connectivity index (χ2v) is 4.56. The molecule has 0 amide bonds. The van der Waals surface area contributed by atoms with Gasteiger partial charge in [0, 0.05) is 5.56 Å². The molecule has 0 saturated carbocycles. The molecule has 0 N–H and O–H groups in total. The maximum Gasteiger partial charge on any atom is 0.165 e. The second-order valence-electron chi connectivity index (χ2n) is 3.64. The number of benzene rings is 1. The van der Waals surface area contributed by atoms with E-state index in [-0.39, 0.29) is 0 Å². The van der Waals surface area contributed by atoms with Gasteiger partial charge in [0.15, 0.2) is 11.8 Å². The SMILES string of the molecule is C=Cc1ccc(C[N+](C)(C)Cl)cc1. The smallest absolute Gasteiger partial charge is 0.165 e. The average molecular weight is 197 g/mol. The molecule has 0 fully saturated rings. The van der Waals surface area contributed by atoms with Crippen LogP contribution in [0.15, 0.2) is 30.8 Å². The summed E-state index contributed by atoms with van der Waals surface area (Å²) < 4.78 is 0.438. The van der Waals surface area contributed by atoms with Crippen molar-refractivity contribution in [1.82, 2.24) is 0 Å². The van der Waals surface area contributed by atoms with Crippen molar-refractivity contribution < 1.29 is 4.00 Å². The van der Waals surface area contributed by atoms with E-state index in [9.17, 15) is 0 Å². The van der Waals surface area contributed by atoms with Crippen LogP contribution in [0, 0.1) is 0 Å². The van der Waals surface area contributed by atoms with Crippen molar-refractivity contribution in [1.29, 1.82) is 0 Å². The molecule has 0 atom stereocenters. The molecule has 1 aromatic rings. The first kappa shape index (κ1) is 10.3. The predicted molar refractivity (Wildman–Crippen MR) is 58.2 cm³/mol. The van der Waals surface area contributed by atoms with Gasteiger partial charge in [0.1, 0.15) is 6.54 Å². The number of hydrogen-bond acceptors (Lipinski definition) is 0. The molecule has 13 heavy (non-hydrogen) atoms. The molecule has 1 nitrogen and oxygen atoms in total. The van der Waals surface area contributed by atoms with E-state index >= 15 is 0 Å². The molecule has 0 saturated heterocycles. The van der Waals surface area contributed by atoms with E-state index in [0.29, 0.717) is 4.00 Å². The lowest BCUT2D eigenvalue weighted by atomic mass is 10.1. The van der Waals surface area contributed by atoms with Crippen molar-refractivity contribution in [2.45, 2.75) is 6.54 Å². The highest BCUT2D eigenvalue weighted by Crippen LogP contribution is 2.13. The van der Waals surface area contributed by atoms with Gasteiger partial charge in [0.25, 0.3) is 0 Å². The molecule has 0 aliphatic carbocycles. The summed E-state index contributed by atoms with van der Waals surface area (Å²) in [5.41, 5.74) is 2.38. The summed E-state index contributed by atoms with van der Waals surface area (Å²) in [5.74, 6) is 0. The third-order valence-electron chi connectivity index (χ3n) is 1.77. The van der Waals surface area contributed by atoms with Gasteiger partial charge in [0.05, 0.1) is 14.1 Å². The Hall–Kier alpha value is -0.790. The van der Waals surface area contributed by atoms with Crippen LogP contribution in [-0.2, 0) is 6.54 Å². The molecule has 0 unspecified atom stereocenters. The molecule has 0 aromatic heterocycles. The Balaban J connectivity index is 2.75. The summed E-state index contributed by atoms with van der Waals surface area (Å²) in [7, 11) is 3.92. The summed E-state index contributed by atoms with van der Waals surface area (Å²) in [4.78, 5) is 0. The van der Waals surface area contributed by atoms with Gasteiger partial charge in [-0.2, -0.15) is 0 Å². The number of nitrogens with zero attached hydrogens (tertiary/aromatic N) is 1. The quantitative estimate of drug-likeness (QED) is 0.652. The first-order chi connectivity index (χ1) is 6.01. The molecule has 0 heterocycles. The minimum atomic E-state index is 0.438. The van der Waals surface area contributed by atoms with Crippen LogP contribution >= 0.6 is 11.8 Å². The van der Waals surface area contributed by atoms with Crippen LogP contribution in [0.4, 0.5) is 0 Å². The number of rotatable bonds is 3. The molecular weight excluding hydrogens is 182 g/mol. The van der Waals surface area contributed by atoms with E-state index < -0.39 is 0 Å². The largest absolute Gasteiger partial charge is 0.223 e. The van der Waals surface area contributed by atoms with Crippen LogP contribution in [0.2, 0.25) is 0 Å². The van der Waals surface area contributed by atoms with Gasteiger partial charge < -0.3 is 0 Å². The molecule has 0 spiro atoms. The summed E-state index contributed by atoms with van der Waals surface area (Å²) in [6, 6.07) is 8.27. The Labute approximate surface area is 85.0 Å². The zero-order valence-corrected chi connectivity index (χ0v) is 8.88. The molecule has 0 bridgehead atoms. The van der Waals surface area contributed by atoms with E-state index in [2.05, 4.69) is 30.8 Å². The Morgan fingerprint density at radius 2 is 1.85 bits per heavy atom. The molecule has 0 radical (unpaired) electrons. The van der Waals surface area contributed by atoms with Gasteiger partial charge in [-0.1, -0.05) is 36.9 Å². The fourth-order valence-electron chi connectivity index (χ4n) is 1.19. The van der Waals surface area contributed by atoms with Gasteiger partial charge in [0.2, 0.25) is 0 Å². The molecule has 1 aromatic carbocycles. The van der Waals surface area contributed by atoms with Crippen LogP contribution in [0.25, 0.3) is 6.08 Å². The third-order valence-corrected chi connectivity index (χ3v) is 1.89. The van der Waals surface area contributed by atoms with Gasteiger partial charge in [-0.05, 0) is 5.56 Å². The summed E-state index contributed by atoms with van der Waals surface area (Å²) >= 11 is 6.06. The van der Waals surface area contributed by atoms with Crippen molar-refractivity contribution >= 4 is 17.9 Å². The van der Waals surface area contributed by atoms with Gasteiger partial charge in [-0.3, -0.25) is 0 Å². The highest BCUT2D eigenvalue weighted by molar-refractivity contribution is 6.06. The van der Waals surface area contributed by atoms with E-state index in [0.717, 1.165) is 12.1 Å². The van der Waals surface area contributed by atoms with E-state index in [1.54, 1.807) is 0 Å². The normalized spacial score (nSPS) is 11.3. The van der Waals surface area contributed by atoms with Gasteiger partial charge in [-0.15, -0.1) is 0 Å². The van der Waals surface area contributed by atoms with Crippen LogP contribution in [-0.4, -0.2) is 18.1 Å². The van der Waals surface area contributed by atoms with E-state index in [4.69, 9.17) is 11.8 Å². The first-order valence-electron chi connectivity index (χ1n) is 4.25. The zero-order valence-electron chi connectivity index (χ0n) is 8.13. The standard InChI is InChI=1S/C11H15ClN/c1-4-10-5-7-11(8-6-10)9-13(2,3)12/h4-8H,1,9H2,2-3H3/q+1. The topological polar surface area (TPSA) is 0 Å². The van der Waals surface area contributed by atoms with Crippen LogP contribution in [0.3, 0.4) is 0 Å². The highest BCUT2D eigenvalue weighted by Gasteiger charge is 2.11. The zero-order chi connectivity index (χ0) is 9.90. The van der Waals surface area contributed by atoms with Crippen molar-refractivity contribution in [2.75, 3.05) is 14.1 Å². The fraction of sp³-hybridized carbons (Fsp3) is 0.273. The van der Waals surface area contributed by atoms with E-state index in [1.165, 1.54) is 5.56 Å². The molecule has 0 aliphatic rings. The minimum Gasteiger partial charge on any atom is -0.223 e. The van der Waals surface area contributed by atoms with Crippen molar-refractivity contribution in [3.63, 3.8) is 0 Å². The lowest BCUT2D eigenvalue weighted by Gasteiger charge is -2.17. The monoisotopic (exact) mass is 196 g/mol. The number of hydrogen-bond donors (Lipinski definition) is 0. The average Bonchev–Trinajstić information content (AvgIpc) is 2.03. The van der Waals surface area contributed by atoms with Crippen LogP contribution < -0.4 is 0 Å². The third kappa shape index (κ3) is 3.62. The van der Waals surface area contributed by atoms with Crippen molar-refractivity contribution in [3.8, 4) is 0 Å². The Bertz CT molecular complexity index is 282. The fourth-order valence-corrected chi connectivity index (χ4v) is 1.33. The Kier molecular flexibility index (Phi) is 3.12. The number of halogens is 1. The molecule has 0 aliphatic heterocycles. The van der Waals surface area contributed by atoms with Gasteiger partial charge in [-0.25, -0.2) is 4.00 Å². The first-order valence-corrected chi connectivity index (χ1v) is 4.59. The van der Waals surface area contributed by atoms with Gasteiger partial charge >= 0.3 is 0 Å². The van der Waals surface area contributed by atoms with Crippen molar-refractivity contribution in [3.05, 3.63) is 42.0 Å². The summed E-state index contributed by atoms with van der Waals surface area (Å²) in [6.45, 7) is 4.54. The van der Waals surface area contributed by atoms with E-state index in [1.807, 2.05) is 20.2 Å².